The van der Waals surface area contributed by atoms with Gasteiger partial charge >= 0.3 is 0 Å². The van der Waals surface area contributed by atoms with Gasteiger partial charge in [0.1, 0.15) is 10.3 Å². The summed E-state index contributed by atoms with van der Waals surface area (Å²) in [5, 5.41) is 8.88. The minimum absolute atomic E-state index is 0.0215. The van der Waals surface area contributed by atoms with Gasteiger partial charge in [-0.2, -0.15) is 0 Å². The fourth-order valence-corrected chi connectivity index (χ4v) is 2.47. The van der Waals surface area contributed by atoms with Crippen molar-refractivity contribution < 1.29 is 9.90 Å². The number of likely N-dealkylation sites (tertiary alicyclic amines) is 1. The third kappa shape index (κ3) is 3.04. The molecule has 1 amide bonds. The quantitative estimate of drug-likeness (QED) is 0.864. The molecule has 1 saturated heterocycles. The normalized spacial score (nSPS) is 19.6. The molecule has 17 heavy (non-hydrogen) atoms. The van der Waals surface area contributed by atoms with Crippen molar-refractivity contribution in [1.29, 1.82) is 0 Å². The van der Waals surface area contributed by atoms with E-state index in [1.54, 1.807) is 12.1 Å². The lowest BCUT2D eigenvalue weighted by atomic mass is 10.1. The van der Waals surface area contributed by atoms with E-state index in [0.29, 0.717) is 16.2 Å². The zero-order valence-corrected chi connectivity index (χ0v) is 11.1. The highest BCUT2D eigenvalue weighted by molar-refractivity contribution is 9.10. The second-order valence-corrected chi connectivity index (χ2v) is 5.08. The van der Waals surface area contributed by atoms with E-state index >= 15 is 0 Å². The molecule has 0 aliphatic carbocycles. The summed E-state index contributed by atoms with van der Waals surface area (Å²) >= 11 is 3.26. The van der Waals surface area contributed by atoms with Gasteiger partial charge in [0.15, 0.2) is 0 Å². The van der Waals surface area contributed by atoms with Crippen LogP contribution in [0.15, 0.2) is 22.8 Å². The number of aromatic nitrogens is 1. The molecule has 0 aromatic carbocycles. The van der Waals surface area contributed by atoms with Gasteiger partial charge in [0.05, 0.1) is 0 Å². The summed E-state index contributed by atoms with van der Waals surface area (Å²) in [6.45, 7) is 1.69. The predicted molar refractivity (Wildman–Crippen MR) is 67.7 cm³/mol. The number of carbonyl (C=O) groups is 1. The van der Waals surface area contributed by atoms with Crippen LogP contribution in [-0.4, -0.2) is 40.6 Å². The molecule has 1 N–H and O–H groups in total. The van der Waals surface area contributed by atoms with Crippen molar-refractivity contribution in [3.05, 3.63) is 28.5 Å². The molecule has 1 fully saturated rings. The van der Waals surface area contributed by atoms with Gasteiger partial charge in [-0.05, 0) is 46.8 Å². The number of pyridine rings is 1. The van der Waals surface area contributed by atoms with E-state index in [0.717, 1.165) is 25.9 Å². The number of carbonyl (C=O) groups excluding carboxylic acids is 1. The minimum atomic E-state index is -0.0215. The number of aliphatic hydroxyl groups excluding tert-OH is 1. The third-order valence-electron chi connectivity index (χ3n) is 3.04. The van der Waals surface area contributed by atoms with Gasteiger partial charge in [-0.15, -0.1) is 0 Å². The highest BCUT2D eigenvalue weighted by atomic mass is 79.9. The number of halogens is 1. The zero-order valence-electron chi connectivity index (χ0n) is 9.47. The Morgan fingerprint density at radius 3 is 3.12 bits per heavy atom. The molecule has 1 atom stereocenters. The lowest BCUT2D eigenvalue weighted by Crippen LogP contribution is -2.29. The van der Waals surface area contributed by atoms with Crippen LogP contribution in [0, 0.1) is 5.92 Å². The summed E-state index contributed by atoms with van der Waals surface area (Å²) in [5.41, 5.74) is 0.476. The van der Waals surface area contributed by atoms with E-state index in [4.69, 9.17) is 5.11 Å². The third-order valence-corrected chi connectivity index (χ3v) is 3.49. The topological polar surface area (TPSA) is 53.4 Å². The maximum Gasteiger partial charge on any atom is 0.272 e. The van der Waals surface area contributed by atoms with E-state index in [-0.39, 0.29) is 12.5 Å². The second-order valence-electron chi connectivity index (χ2n) is 4.26. The number of hydrogen-bond acceptors (Lipinski definition) is 3. The van der Waals surface area contributed by atoms with Crippen LogP contribution in [0.2, 0.25) is 0 Å². The monoisotopic (exact) mass is 298 g/mol. The molecule has 0 spiro atoms. The maximum absolute atomic E-state index is 12.1. The molecule has 1 unspecified atom stereocenters. The summed E-state index contributed by atoms with van der Waals surface area (Å²) in [4.78, 5) is 18.1. The molecular formula is C12H15BrN2O2. The van der Waals surface area contributed by atoms with Crippen LogP contribution < -0.4 is 0 Å². The number of amides is 1. The van der Waals surface area contributed by atoms with Crippen LogP contribution in [0.3, 0.4) is 0 Å². The Bertz CT molecular complexity index is 411. The first-order valence-corrected chi connectivity index (χ1v) is 6.52. The average molecular weight is 299 g/mol. The molecule has 5 heteroatoms. The molecule has 1 aromatic heterocycles. The van der Waals surface area contributed by atoms with Crippen molar-refractivity contribution in [3.8, 4) is 0 Å². The zero-order chi connectivity index (χ0) is 12.3. The largest absolute Gasteiger partial charge is 0.396 e. The Hall–Kier alpha value is -0.940. The Labute approximate surface area is 109 Å². The standard InChI is InChI=1S/C12H15BrN2O2/c13-11-3-1-2-10(14-11)12(17)15-6-4-9(8-15)5-7-16/h1-3,9,16H,4-8H2. The van der Waals surface area contributed by atoms with Crippen molar-refractivity contribution >= 4 is 21.8 Å². The van der Waals surface area contributed by atoms with Crippen LogP contribution in [0.25, 0.3) is 0 Å². The van der Waals surface area contributed by atoms with Gasteiger partial charge < -0.3 is 10.0 Å². The lowest BCUT2D eigenvalue weighted by Gasteiger charge is -2.15. The lowest BCUT2D eigenvalue weighted by molar-refractivity contribution is 0.0779. The Kier molecular flexibility index (Phi) is 4.12. The summed E-state index contributed by atoms with van der Waals surface area (Å²) in [6.07, 6.45) is 1.75. The van der Waals surface area contributed by atoms with Crippen LogP contribution in [0.5, 0.6) is 0 Å². The Morgan fingerprint density at radius 2 is 2.41 bits per heavy atom. The molecule has 0 bridgehead atoms. The van der Waals surface area contributed by atoms with Crippen LogP contribution in [-0.2, 0) is 0 Å². The molecule has 92 valence electrons. The molecule has 4 nitrogen and oxygen atoms in total. The van der Waals surface area contributed by atoms with Gasteiger partial charge in [0, 0.05) is 19.7 Å². The van der Waals surface area contributed by atoms with Crippen molar-refractivity contribution in [3.63, 3.8) is 0 Å². The summed E-state index contributed by atoms with van der Waals surface area (Å²) in [5.74, 6) is 0.405. The number of hydrogen-bond donors (Lipinski definition) is 1. The number of rotatable bonds is 3. The fourth-order valence-electron chi connectivity index (χ4n) is 2.12. The number of aliphatic hydroxyl groups is 1. The second kappa shape index (κ2) is 5.60. The van der Waals surface area contributed by atoms with Crippen molar-refractivity contribution in [2.24, 2.45) is 5.92 Å². The molecule has 2 rings (SSSR count). The predicted octanol–water partition coefficient (Wildman–Crippen LogP) is 1.69. The van der Waals surface area contributed by atoms with E-state index in [9.17, 15) is 4.79 Å². The van der Waals surface area contributed by atoms with Crippen molar-refractivity contribution in [1.82, 2.24) is 9.88 Å². The molecule has 2 heterocycles. The summed E-state index contributed by atoms with van der Waals surface area (Å²) in [7, 11) is 0. The fraction of sp³-hybridized carbons (Fsp3) is 0.500. The van der Waals surface area contributed by atoms with Crippen molar-refractivity contribution in [2.75, 3.05) is 19.7 Å². The molecule has 1 aliphatic rings. The maximum atomic E-state index is 12.1. The minimum Gasteiger partial charge on any atom is -0.396 e. The highest BCUT2D eigenvalue weighted by Gasteiger charge is 2.27. The smallest absolute Gasteiger partial charge is 0.272 e. The van der Waals surface area contributed by atoms with E-state index in [1.807, 2.05) is 11.0 Å². The first-order chi connectivity index (χ1) is 8.20. The van der Waals surface area contributed by atoms with Gasteiger partial charge in [-0.3, -0.25) is 4.79 Å². The summed E-state index contributed by atoms with van der Waals surface area (Å²) in [6, 6.07) is 5.34. The highest BCUT2D eigenvalue weighted by Crippen LogP contribution is 2.21. The SMILES string of the molecule is O=C(c1cccc(Br)n1)N1CCC(CCO)C1. The molecule has 1 aromatic rings. The van der Waals surface area contributed by atoms with Gasteiger partial charge in [-0.25, -0.2) is 4.98 Å². The van der Waals surface area contributed by atoms with Gasteiger partial charge in [0.2, 0.25) is 0 Å². The van der Waals surface area contributed by atoms with Gasteiger partial charge in [-0.1, -0.05) is 6.07 Å². The van der Waals surface area contributed by atoms with Crippen LogP contribution in [0.4, 0.5) is 0 Å². The summed E-state index contributed by atoms with van der Waals surface area (Å²) < 4.78 is 0.675. The van der Waals surface area contributed by atoms with Crippen LogP contribution >= 0.6 is 15.9 Å². The first kappa shape index (κ1) is 12.5. The van der Waals surface area contributed by atoms with Gasteiger partial charge in [0.25, 0.3) is 5.91 Å². The van der Waals surface area contributed by atoms with Crippen molar-refractivity contribution in [2.45, 2.75) is 12.8 Å². The van der Waals surface area contributed by atoms with Crippen LogP contribution in [0.1, 0.15) is 23.3 Å². The van der Waals surface area contributed by atoms with E-state index < -0.39 is 0 Å². The molecule has 0 saturated carbocycles. The molecule has 1 aliphatic heterocycles. The molecular weight excluding hydrogens is 284 g/mol. The molecule has 0 radical (unpaired) electrons. The number of nitrogens with zero attached hydrogens (tertiary/aromatic N) is 2. The van der Waals surface area contributed by atoms with E-state index in [2.05, 4.69) is 20.9 Å². The average Bonchev–Trinajstić information content (AvgIpc) is 2.77. The Balaban J connectivity index is 2.02. The first-order valence-electron chi connectivity index (χ1n) is 5.73. The Morgan fingerprint density at radius 1 is 1.59 bits per heavy atom. The van der Waals surface area contributed by atoms with E-state index in [1.165, 1.54) is 0 Å².